The predicted octanol–water partition coefficient (Wildman–Crippen LogP) is 2.99. The maximum Gasteiger partial charge on any atom is 0.132 e. The number of hydrogen-bond acceptors (Lipinski definition) is 4. The van der Waals surface area contributed by atoms with Gasteiger partial charge < -0.3 is 11.1 Å². The number of hydrogen-bond donors (Lipinski definition) is 2. The van der Waals surface area contributed by atoms with Gasteiger partial charge in [-0.1, -0.05) is 12.1 Å². The molecule has 0 aliphatic carbocycles. The first-order valence-corrected chi connectivity index (χ1v) is 6.09. The summed E-state index contributed by atoms with van der Waals surface area (Å²) in [6.45, 7) is 5.46. The third-order valence-corrected chi connectivity index (χ3v) is 2.92. The normalized spacial score (nSPS) is 12.2. The van der Waals surface area contributed by atoms with Crippen LogP contribution in [0.5, 0.6) is 0 Å². The lowest BCUT2D eigenvalue weighted by atomic mass is 10.1. The Morgan fingerprint density at radius 1 is 1.21 bits per heavy atom. The molecule has 1 heterocycles. The first kappa shape index (κ1) is 13.3. The molecule has 1 unspecified atom stereocenters. The van der Waals surface area contributed by atoms with Gasteiger partial charge in [-0.25, -0.2) is 14.4 Å². The molecular weight excluding hydrogens is 243 g/mol. The zero-order chi connectivity index (χ0) is 14.0. The molecule has 1 atom stereocenters. The van der Waals surface area contributed by atoms with Gasteiger partial charge in [0, 0.05) is 6.07 Å². The molecule has 0 amide bonds. The Morgan fingerprint density at radius 3 is 2.58 bits per heavy atom. The van der Waals surface area contributed by atoms with Gasteiger partial charge in [0.1, 0.15) is 23.3 Å². The topological polar surface area (TPSA) is 63.8 Å². The van der Waals surface area contributed by atoms with Crippen molar-refractivity contribution in [2.24, 2.45) is 0 Å². The molecule has 0 saturated heterocycles. The van der Waals surface area contributed by atoms with Crippen LogP contribution in [-0.2, 0) is 0 Å². The lowest BCUT2D eigenvalue weighted by Gasteiger charge is -2.16. The summed E-state index contributed by atoms with van der Waals surface area (Å²) in [7, 11) is 0. The third kappa shape index (κ3) is 3.19. The van der Waals surface area contributed by atoms with Crippen LogP contribution in [0.15, 0.2) is 24.3 Å². The first-order chi connectivity index (χ1) is 8.95. The quantitative estimate of drug-likeness (QED) is 0.890. The highest BCUT2D eigenvalue weighted by Gasteiger charge is 2.09. The predicted molar refractivity (Wildman–Crippen MR) is 74.4 cm³/mol. The summed E-state index contributed by atoms with van der Waals surface area (Å²) < 4.78 is 13.5. The van der Waals surface area contributed by atoms with E-state index in [1.807, 2.05) is 13.0 Å². The van der Waals surface area contributed by atoms with Gasteiger partial charge in [0.05, 0.1) is 6.04 Å². The van der Waals surface area contributed by atoms with E-state index < -0.39 is 0 Å². The minimum absolute atomic E-state index is 0.0659. The van der Waals surface area contributed by atoms with Crippen LogP contribution in [0.3, 0.4) is 0 Å². The first-order valence-electron chi connectivity index (χ1n) is 6.09. The standard InChI is InChI=1S/C14H17FN4/c1-8-4-5-11(6-12(8)15)9(2)17-14-7-13(16)18-10(3)19-14/h4-7,9H,1-3H3,(H3,16,17,18,19). The molecule has 2 rings (SSSR count). The molecule has 0 saturated carbocycles. The van der Waals surface area contributed by atoms with Crippen molar-refractivity contribution in [1.82, 2.24) is 9.97 Å². The molecule has 100 valence electrons. The monoisotopic (exact) mass is 260 g/mol. The second kappa shape index (κ2) is 5.22. The van der Waals surface area contributed by atoms with Crippen LogP contribution in [0.1, 0.15) is 29.9 Å². The molecule has 0 spiro atoms. The zero-order valence-corrected chi connectivity index (χ0v) is 11.2. The van der Waals surface area contributed by atoms with E-state index in [0.717, 1.165) is 5.56 Å². The number of nitrogens with one attached hydrogen (secondary N) is 1. The number of aryl methyl sites for hydroxylation is 2. The highest BCUT2D eigenvalue weighted by molar-refractivity contribution is 5.46. The number of halogens is 1. The maximum absolute atomic E-state index is 13.5. The Kier molecular flexibility index (Phi) is 3.64. The van der Waals surface area contributed by atoms with Crippen LogP contribution in [0.4, 0.5) is 16.0 Å². The van der Waals surface area contributed by atoms with Gasteiger partial charge in [0.25, 0.3) is 0 Å². The largest absolute Gasteiger partial charge is 0.384 e. The van der Waals surface area contributed by atoms with E-state index in [9.17, 15) is 4.39 Å². The Bertz CT molecular complexity index is 578. The van der Waals surface area contributed by atoms with Crippen molar-refractivity contribution in [3.05, 3.63) is 47.0 Å². The fourth-order valence-electron chi connectivity index (χ4n) is 1.85. The maximum atomic E-state index is 13.5. The fourth-order valence-corrected chi connectivity index (χ4v) is 1.85. The zero-order valence-electron chi connectivity index (χ0n) is 11.2. The average molecular weight is 260 g/mol. The van der Waals surface area contributed by atoms with E-state index in [-0.39, 0.29) is 11.9 Å². The van der Waals surface area contributed by atoms with Gasteiger partial charge in [-0.15, -0.1) is 0 Å². The SMILES string of the molecule is Cc1nc(N)cc(NC(C)c2ccc(C)c(F)c2)n1. The summed E-state index contributed by atoms with van der Waals surface area (Å²) in [5, 5.41) is 3.19. The van der Waals surface area contributed by atoms with Crippen LogP contribution < -0.4 is 11.1 Å². The Balaban J connectivity index is 2.20. The van der Waals surface area contributed by atoms with Crippen molar-refractivity contribution in [1.29, 1.82) is 0 Å². The van der Waals surface area contributed by atoms with Gasteiger partial charge in [0.15, 0.2) is 0 Å². The van der Waals surface area contributed by atoms with Crippen LogP contribution in [0, 0.1) is 19.7 Å². The molecule has 3 N–H and O–H groups in total. The van der Waals surface area contributed by atoms with E-state index in [2.05, 4.69) is 15.3 Å². The van der Waals surface area contributed by atoms with Gasteiger partial charge in [-0.2, -0.15) is 0 Å². The van der Waals surface area contributed by atoms with Gasteiger partial charge >= 0.3 is 0 Å². The van der Waals surface area contributed by atoms with Crippen LogP contribution in [0.2, 0.25) is 0 Å². The van der Waals surface area contributed by atoms with Crippen molar-refractivity contribution < 1.29 is 4.39 Å². The number of nitrogens with two attached hydrogens (primary N) is 1. The smallest absolute Gasteiger partial charge is 0.132 e. The number of benzene rings is 1. The molecule has 0 fully saturated rings. The van der Waals surface area contributed by atoms with Crippen molar-refractivity contribution >= 4 is 11.6 Å². The van der Waals surface area contributed by atoms with E-state index in [0.29, 0.717) is 23.0 Å². The van der Waals surface area contributed by atoms with E-state index >= 15 is 0 Å². The number of nitrogen functional groups attached to an aromatic ring is 1. The molecule has 0 radical (unpaired) electrons. The molecule has 1 aromatic heterocycles. The van der Waals surface area contributed by atoms with Gasteiger partial charge in [-0.3, -0.25) is 0 Å². The van der Waals surface area contributed by atoms with Crippen LogP contribution >= 0.6 is 0 Å². The second-order valence-electron chi connectivity index (χ2n) is 4.60. The van der Waals surface area contributed by atoms with Gasteiger partial charge in [0.2, 0.25) is 0 Å². The second-order valence-corrected chi connectivity index (χ2v) is 4.60. The van der Waals surface area contributed by atoms with Crippen LogP contribution in [-0.4, -0.2) is 9.97 Å². The van der Waals surface area contributed by atoms with E-state index in [1.54, 1.807) is 26.0 Å². The van der Waals surface area contributed by atoms with Crippen molar-refractivity contribution in [2.75, 3.05) is 11.1 Å². The highest BCUT2D eigenvalue weighted by Crippen LogP contribution is 2.20. The molecule has 0 aliphatic heterocycles. The number of rotatable bonds is 3. The molecule has 4 nitrogen and oxygen atoms in total. The third-order valence-electron chi connectivity index (χ3n) is 2.92. The summed E-state index contributed by atoms with van der Waals surface area (Å²) in [6.07, 6.45) is 0. The molecule has 0 bridgehead atoms. The highest BCUT2D eigenvalue weighted by atomic mass is 19.1. The Labute approximate surface area is 111 Å². The average Bonchev–Trinajstić information content (AvgIpc) is 2.31. The van der Waals surface area contributed by atoms with E-state index in [1.165, 1.54) is 6.07 Å². The Hall–Kier alpha value is -2.17. The Morgan fingerprint density at radius 2 is 1.95 bits per heavy atom. The summed E-state index contributed by atoms with van der Waals surface area (Å²) in [4.78, 5) is 8.25. The molecule has 5 heteroatoms. The minimum atomic E-state index is -0.204. The number of anilines is 2. The van der Waals surface area contributed by atoms with Crippen molar-refractivity contribution in [2.45, 2.75) is 26.8 Å². The van der Waals surface area contributed by atoms with Gasteiger partial charge in [-0.05, 0) is 38.0 Å². The fraction of sp³-hybridized carbons (Fsp3) is 0.286. The minimum Gasteiger partial charge on any atom is -0.384 e. The lowest BCUT2D eigenvalue weighted by Crippen LogP contribution is -2.10. The van der Waals surface area contributed by atoms with Crippen LogP contribution in [0.25, 0.3) is 0 Å². The number of aromatic nitrogens is 2. The molecular formula is C14H17FN4. The van der Waals surface area contributed by atoms with Crippen molar-refractivity contribution in [3.8, 4) is 0 Å². The van der Waals surface area contributed by atoms with E-state index in [4.69, 9.17) is 5.73 Å². The molecule has 2 aromatic rings. The molecule has 1 aromatic carbocycles. The molecule has 19 heavy (non-hydrogen) atoms. The lowest BCUT2D eigenvalue weighted by molar-refractivity contribution is 0.614. The summed E-state index contributed by atoms with van der Waals surface area (Å²) in [6, 6.07) is 6.79. The summed E-state index contributed by atoms with van der Waals surface area (Å²) in [5.74, 6) is 1.45. The summed E-state index contributed by atoms with van der Waals surface area (Å²) in [5.41, 5.74) is 7.16. The number of nitrogens with zero attached hydrogens (tertiary/aromatic N) is 2. The van der Waals surface area contributed by atoms with Crippen molar-refractivity contribution in [3.63, 3.8) is 0 Å². The molecule has 0 aliphatic rings. The summed E-state index contributed by atoms with van der Waals surface area (Å²) >= 11 is 0.